The topological polar surface area (TPSA) is 76.4 Å². The second kappa shape index (κ2) is 12.5. The highest BCUT2D eigenvalue weighted by molar-refractivity contribution is 14.0. The fraction of sp³-hybridized carbons (Fsp3) is 0.381. The fourth-order valence-corrected chi connectivity index (χ4v) is 3.45. The highest BCUT2D eigenvalue weighted by atomic mass is 127. The number of aryl methyl sites for hydroxylation is 1. The maximum atomic E-state index is 5.71. The first-order valence-corrected chi connectivity index (χ1v) is 10.7. The zero-order chi connectivity index (χ0) is 20.5. The van der Waals surface area contributed by atoms with Crippen LogP contribution in [0, 0.1) is 0 Å². The molecular formula is C21H29IN6OS. The van der Waals surface area contributed by atoms with Gasteiger partial charge in [-0.05, 0) is 62.9 Å². The molecule has 2 aromatic heterocycles. The molecule has 0 radical (unpaired) electrons. The van der Waals surface area contributed by atoms with E-state index in [-0.39, 0.29) is 30.1 Å². The fourth-order valence-electron chi connectivity index (χ4n) is 2.74. The van der Waals surface area contributed by atoms with Gasteiger partial charge in [-0.2, -0.15) is 0 Å². The van der Waals surface area contributed by atoms with E-state index in [0.29, 0.717) is 12.5 Å². The summed E-state index contributed by atoms with van der Waals surface area (Å²) in [5.74, 6) is 2.41. The molecule has 3 rings (SSSR count). The van der Waals surface area contributed by atoms with Crippen LogP contribution in [0.4, 0.5) is 5.69 Å². The van der Waals surface area contributed by atoms with Crippen molar-refractivity contribution in [3.63, 3.8) is 0 Å². The molecule has 0 fully saturated rings. The summed E-state index contributed by atoms with van der Waals surface area (Å²) in [4.78, 5) is 6.05. The lowest BCUT2D eigenvalue weighted by Gasteiger charge is -2.14. The summed E-state index contributed by atoms with van der Waals surface area (Å²) in [7, 11) is 0. The minimum atomic E-state index is 0. The average molecular weight is 540 g/mol. The number of aromatic nitrogens is 3. The Labute approximate surface area is 199 Å². The lowest BCUT2D eigenvalue weighted by molar-refractivity contribution is 0.242. The molecule has 9 heteroatoms. The summed E-state index contributed by atoms with van der Waals surface area (Å²) >= 11 is 1.77. The van der Waals surface area contributed by atoms with E-state index in [1.54, 1.807) is 17.7 Å². The van der Waals surface area contributed by atoms with Gasteiger partial charge in [0, 0.05) is 23.7 Å². The van der Waals surface area contributed by atoms with E-state index in [1.807, 2.05) is 42.7 Å². The number of ether oxygens (including phenoxy) is 1. The number of hydrogen-bond acceptors (Lipinski definition) is 5. The van der Waals surface area contributed by atoms with Gasteiger partial charge < -0.3 is 19.9 Å². The van der Waals surface area contributed by atoms with Crippen molar-refractivity contribution in [2.45, 2.75) is 46.4 Å². The Morgan fingerprint density at radius 3 is 2.70 bits per heavy atom. The molecule has 0 aliphatic rings. The Morgan fingerprint density at radius 1 is 1.23 bits per heavy atom. The van der Waals surface area contributed by atoms with Crippen molar-refractivity contribution >= 4 is 47.0 Å². The van der Waals surface area contributed by atoms with Crippen LogP contribution in [0.1, 0.15) is 31.5 Å². The van der Waals surface area contributed by atoms with E-state index in [4.69, 9.17) is 9.73 Å². The van der Waals surface area contributed by atoms with Crippen LogP contribution in [0.15, 0.2) is 53.1 Å². The first-order chi connectivity index (χ1) is 14.1. The molecule has 0 aliphatic carbocycles. The van der Waals surface area contributed by atoms with Crippen molar-refractivity contribution in [3.05, 3.63) is 58.8 Å². The van der Waals surface area contributed by atoms with Crippen LogP contribution in [0.5, 0.6) is 5.75 Å². The Morgan fingerprint density at radius 2 is 2.03 bits per heavy atom. The zero-order valence-corrected chi connectivity index (χ0v) is 20.7. The molecule has 3 aromatic rings. The summed E-state index contributed by atoms with van der Waals surface area (Å²) in [6.45, 7) is 8.17. The standard InChI is InChI=1S/C21H28N6OS.HI/c1-4-27-15-24-26-20(27)14-23-21(22-12-11-19-6-5-13-29-19)25-17-7-9-18(10-8-17)28-16(2)3;/h5-10,13,15-16H,4,11-12,14H2,1-3H3,(H2,22,23,25);1H. The van der Waals surface area contributed by atoms with Gasteiger partial charge >= 0.3 is 0 Å². The van der Waals surface area contributed by atoms with Crippen LogP contribution in [0.2, 0.25) is 0 Å². The minimum Gasteiger partial charge on any atom is -0.491 e. The van der Waals surface area contributed by atoms with E-state index in [2.05, 4.69) is 45.3 Å². The van der Waals surface area contributed by atoms with Gasteiger partial charge in [-0.15, -0.1) is 45.5 Å². The number of anilines is 1. The monoisotopic (exact) mass is 540 g/mol. The van der Waals surface area contributed by atoms with Gasteiger partial charge in [-0.1, -0.05) is 6.07 Å². The smallest absolute Gasteiger partial charge is 0.196 e. The van der Waals surface area contributed by atoms with Crippen LogP contribution in [0.25, 0.3) is 0 Å². The highest BCUT2D eigenvalue weighted by Gasteiger charge is 2.06. The van der Waals surface area contributed by atoms with Gasteiger partial charge in [-0.3, -0.25) is 0 Å². The Kier molecular flexibility index (Phi) is 10.1. The summed E-state index contributed by atoms with van der Waals surface area (Å²) in [5, 5.41) is 17.0. The van der Waals surface area contributed by atoms with Crippen molar-refractivity contribution in [1.82, 2.24) is 20.1 Å². The molecule has 0 saturated heterocycles. The number of aliphatic imine (C=N–C) groups is 1. The van der Waals surface area contributed by atoms with E-state index >= 15 is 0 Å². The van der Waals surface area contributed by atoms with E-state index in [1.165, 1.54) is 4.88 Å². The molecule has 0 unspecified atom stereocenters. The van der Waals surface area contributed by atoms with Gasteiger partial charge in [0.25, 0.3) is 0 Å². The number of hydrogen-bond donors (Lipinski definition) is 2. The molecule has 2 heterocycles. The molecule has 0 saturated carbocycles. The number of halogens is 1. The molecule has 0 aliphatic heterocycles. The van der Waals surface area contributed by atoms with E-state index in [9.17, 15) is 0 Å². The molecule has 30 heavy (non-hydrogen) atoms. The van der Waals surface area contributed by atoms with Crippen molar-refractivity contribution in [1.29, 1.82) is 0 Å². The van der Waals surface area contributed by atoms with Crippen molar-refractivity contribution < 1.29 is 4.74 Å². The maximum Gasteiger partial charge on any atom is 0.196 e. The predicted molar refractivity (Wildman–Crippen MR) is 134 cm³/mol. The lowest BCUT2D eigenvalue weighted by Crippen LogP contribution is -2.32. The van der Waals surface area contributed by atoms with Crippen LogP contribution in [-0.2, 0) is 19.5 Å². The van der Waals surface area contributed by atoms with Crippen LogP contribution >= 0.6 is 35.3 Å². The summed E-state index contributed by atoms with van der Waals surface area (Å²) in [5.41, 5.74) is 0.945. The summed E-state index contributed by atoms with van der Waals surface area (Å²) in [6, 6.07) is 12.1. The van der Waals surface area contributed by atoms with E-state index in [0.717, 1.165) is 36.8 Å². The quantitative estimate of drug-likeness (QED) is 0.236. The largest absolute Gasteiger partial charge is 0.491 e. The number of nitrogens with zero attached hydrogens (tertiary/aromatic N) is 4. The van der Waals surface area contributed by atoms with Gasteiger partial charge in [0.2, 0.25) is 0 Å². The van der Waals surface area contributed by atoms with Gasteiger partial charge in [0.1, 0.15) is 18.6 Å². The Balaban J connectivity index is 0.00000320. The second-order valence-corrected chi connectivity index (χ2v) is 7.80. The van der Waals surface area contributed by atoms with Crippen molar-refractivity contribution in [3.8, 4) is 5.75 Å². The van der Waals surface area contributed by atoms with Gasteiger partial charge in [0.15, 0.2) is 11.8 Å². The second-order valence-electron chi connectivity index (χ2n) is 6.77. The minimum absolute atomic E-state index is 0. The summed E-state index contributed by atoms with van der Waals surface area (Å²) in [6.07, 6.45) is 2.83. The molecular weight excluding hydrogens is 511 g/mol. The number of nitrogens with one attached hydrogen (secondary N) is 2. The maximum absolute atomic E-state index is 5.71. The zero-order valence-electron chi connectivity index (χ0n) is 17.5. The SMILES string of the molecule is CCn1cnnc1CN=C(NCCc1cccs1)Nc1ccc(OC(C)C)cc1.I. The Bertz CT molecular complexity index is 893. The molecule has 0 amide bonds. The van der Waals surface area contributed by atoms with Crippen LogP contribution in [-0.4, -0.2) is 33.4 Å². The molecule has 2 N–H and O–H groups in total. The lowest BCUT2D eigenvalue weighted by atomic mass is 10.3. The molecule has 0 atom stereocenters. The number of thiophene rings is 1. The normalized spacial score (nSPS) is 11.3. The van der Waals surface area contributed by atoms with E-state index < -0.39 is 0 Å². The Hall–Kier alpha value is -2.14. The third-order valence-corrected chi connectivity index (χ3v) is 5.08. The third-order valence-electron chi connectivity index (χ3n) is 4.15. The predicted octanol–water partition coefficient (Wildman–Crippen LogP) is 4.57. The van der Waals surface area contributed by atoms with Gasteiger partial charge in [0.05, 0.1) is 6.10 Å². The molecule has 162 valence electrons. The number of benzene rings is 1. The highest BCUT2D eigenvalue weighted by Crippen LogP contribution is 2.17. The van der Waals surface area contributed by atoms with Gasteiger partial charge in [-0.25, -0.2) is 4.99 Å². The number of rotatable bonds is 9. The number of guanidine groups is 1. The first kappa shape index (κ1) is 24.1. The molecule has 0 bridgehead atoms. The molecule has 7 nitrogen and oxygen atoms in total. The average Bonchev–Trinajstić information content (AvgIpc) is 3.38. The van der Waals surface area contributed by atoms with Crippen molar-refractivity contribution in [2.24, 2.45) is 4.99 Å². The molecule has 1 aromatic carbocycles. The van der Waals surface area contributed by atoms with Crippen molar-refractivity contribution in [2.75, 3.05) is 11.9 Å². The first-order valence-electron chi connectivity index (χ1n) is 9.85. The van der Waals surface area contributed by atoms with Crippen LogP contribution in [0.3, 0.4) is 0 Å². The summed E-state index contributed by atoms with van der Waals surface area (Å²) < 4.78 is 7.70. The van der Waals surface area contributed by atoms with Crippen LogP contribution < -0.4 is 15.4 Å². The third kappa shape index (κ3) is 7.60. The molecule has 0 spiro atoms.